The van der Waals surface area contributed by atoms with Gasteiger partial charge in [-0.3, -0.25) is 9.10 Å². The molecule has 0 saturated carbocycles. The number of amides is 1. The Bertz CT molecular complexity index is 1240. The highest BCUT2D eigenvalue weighted by Gasteiger charge is 2.27. The molecule has 0 radical (unpaired) electrons. The number of aryl methyl sites for hydroxylation is 1. The van der Waals surface area contributed by atoms with Gasteiger partial charge in [0.05, 0.1) is 16.8 Å². The lowest BCUT2D eigenvalue weighted by Crippen LogP contribution is -2.39. The van der Waals surface area contributed by atoms with E-state index in [1.54, 1.807) is 18.2 Å². The molecule has 3 aromatic rings. The number of benzene rings is 3. The van der Waals surface area contributed by atoms with E-state index in [0.717, 1.165) is 38.7 Å². The van der Waals surface area contributed by atoms with E-state index in [2.05, 4.69) is 10.5 Å². The third kappa shape index (κ3) is 5.20. The van der Waals surface area contributed by atoms with E-state index in [1.165, 1.54) is 30.5 Å². The molecule has 0 bridgehead atoms. The Morgan fingerprint density at radius 3 is 2.28 bits per heavy atom. The number of carbonyl (C=O) groups is 1. The molecule has 0 saturated heterocycles. The van der Waals surface area contributed by atoms with Crippen molar-refractivity contribution in [2.75, 3.05) is 10.8 Å². The summed E-state index contributed by atoms with van der Waals surface area (Å²) in [6.07, 6.45) is 1.52. The van der Waals surface area contributed by atoms with Crippen LogP contribution >= 0.6 is 0 Å². The summed E-state index contributed by atoms with van der Waals surface area (Å²) in [7, 11) is -4.06. The predicted molar refractivity (Wildman–Crippen MR) is 124 cm³/mol. The van der Waals surface area contributed by atoms with Crippen molar-refractivity contribution in [3.05, 3.63) is 94.8 Å². The molecule has 8 heteroatoms. The minimum atomic E-state index is -4.06. The van der Waals surface area contributed by atoms with Crippen LogP contribution in [0.2, 0.25) is 0 Å². The van der Waals surface area contributed by atoms with Gasteiger partial charge in [0.1, 0.15) is 12.4 Å². The van der Waals surface area contributed by atoms with Gasteiger partial charge in [-0.2, -0.15) is 5.10 Å². The van der Waals surface area contributed by atoms with E-state index in [0.29, 0.717) is 0 Å². The van der Waals surface area contributed by atoms with Gasteiger partial charge in [-0.05, 0) is 79.4 Å². The Morgan fingerprint density at radius 1 is 0.969 bits per heavy atom. The summed E-state index contributed by atoms with van der Waals surface area (Å²) in [6.45, 7) is 5.47. The van der Waals surface area contributed by atoms with Crippen LogP contribution in [0.3, 0.4) is 0 Å². The maximum absolute atomic E-state index is 13.4. The third-order valence-electron chi connectivity index (χ3n) is 5.23. The van der Waals surface area contributed by atoms with Crippen LogP contribution in [0.25, 0.3) is 0 Å². The monoisotopic (exact) mass is 453 g/mol. The topological polar surface area (TPSA) is 78.8 Å². The fourth-order valence-corrected chi connectivity index (χ4v) is 4.54. The van der Waals surface area contributed by atoms with Gasteiger partial charge in [0.15, 0.2) is 0 Å². The second kappa shape index (κ2) is 9.74. The Kier molecular flexibility index (Phi) is 7.05. The number of sulfonamides is 1. The number of nitrogens with zero attached hydrogens (tertiary/aromatic N) is 2. The highest BCUT2D eigenvalue weighted by Crippen LogP contribution is 2.23. The van der Waals surface area contributed by atoms with Gasteiger partial charge in [-0.25, -0.2) is 18.2 Å². The van der Waals surface area contributed by atoms with E-state index in [1.807, 2.05) is 32.9 Å². The normalized spacial score (nSPS) is 11.5. The van der Waals surface area contributed by atoms with Crippen molar-refractivity contribution in [3.63, 3.8) is 0 Å². The lowest BCUT2D eigenvalue weighted by atomic mass is 10.00. The first kappa shape index (κ1) is 23.1. The van der Waals surface area contributed by atoms with Crippen LogP contribution in [-0.2, 0) is 14.8 Å². The van der Waals surface area contributed by atoms with Crippen LogP contribution in [0.15, 0.2) is 76.7 Å². The Balaban J connectivity index is 1.83. The number of hydrazone groups is 1. The molecule has 6 nitrogen and oxygen atoms in total. The second-order valence-electron chi connectivity index (χ2n) is 7.32. The number of halogens is 1. The molecule has 0 fully saturated rings. The minimum absolute atomic E-state index is 0.0198. The molecule has 1 N–H and O–H groups in total. The summed E-state index contributed by atoms with van der Waals surface area (Å²) in [6, 6.07) is 16.5. The first-order valence-electron chi connectivity index (χ1n) is 9.92. The Labute approximate surface area is 187 Å². The zero-order chi connectivity index (χ0) is 23.3. The van der Waals surface area contributed by atoms with Crippen molar-refractivity contribution >= 4 is 27.8 Å². The lowest BCUT2D eigenvalue weighted by molar-refractivity contribution is -0.119. The average molecular weight is 454 g/mol. The molecule has 0 spiro atoms. The van der Waals surface area contributed by atoms with Crippen LogP contribution in [-0.4, -0.2) is 27.1 Å². The fourth-order valence-electron chi connectivity index (χ4n) is 3.10. The maximum atomic E-state index is 13.4. The molecule has 32 heavy (non-hydrogen) atoms. The molecule has 1 amide bonds. The van der Waals surface area contributed by atoms with E-state index < -0.39 is 28.3 Å². The molecule has 0 heterocycles. The first-order chi connectivity index (χ1) is 15.2. The number of carbonyl (C=O) groups excluding carboxylic acids is 1. The van der Waals surface area contributed by atoms with Gasteiger partial charge in [0.2, 0.25) is 0 Å². The maximum Gasteiger partial charge on any atom is 0.264 e. The molecule has 0 aliphatic rings. The zero-order valence-corrected chi connectivity index (χ0v) is 18.9. The molecule has 3 rings (SSSR count). The van der Waals surface area contributed by atoms with E-state index in [4.69, 9.17) is 0 Å². The lowest BCUT2D eigenvalue weighted by Gasteiger charge is -2.23. The number of nitrogens with one attached hydrogen (secondary N) is 1. The molecule has 166 valence electrons. The summed E-state index contributed by atoms with van der Waals surface area (Å²) in [5.41, 5.74) is 6.73. The molecule has 0 aromatic heterocycles. The van der Waals surface area contributed by atoms with Gasteiger partial charge in [0.25, 0.3) is 15.9 Å². The number of hydrogen-bond donors (Lipinski definition) is 1. The van der Waals surface area contributed by atoms with Crippen LogP contribution in [0, 0.1) is 26.6 Å². The van der Waals surface area contributed by atoms with Crippen LogP contribution in [0.5, 0.6) is 0 Å². The molecule has 0 unspecified atom stereocenters. The van der Waals surface area contributed by atoms with Crippen LogP contribution < -0.4 is 9.73 Å². The average Bonchev–Trinajstić information content (AvgIpc) is 2.78. The molecular weight excluding hydrogens is 429 g/mol. The largest absolute Gasteiger partial charge is 0.271 e. The molecule has 0 atom stereocenters. The minimum Gasteiger partial charge on any atom is -0.271 e. The summed E-state index contributed by atoms with van der Waals surface area (Å²) in [5, 5.41) is 3.98. The first-order valence-corrected chi connectivity index (χ1v) is 11.4. The Hall–Kier alpha value is -3.52. The highest BCUT2D eigenvalue weighted by atomic mass is 32.2. The van der Waals surface area contributed by atoms with Gasteiger partial charge in [-0.1, -0.05) is 30.3 Å². The van der Waals surface area contributed by atoms with Gasteiger partial charge in [0, 0.05) is 0 Å². The van der Waals surface area contributed by atoms with Crippen molar-refractivity contribution in [3.8, 4) is 0 Å². The highest BCUT2D eigenvalue weighted by molar-refractivity contribution is 7.92. The summed E-state index contributed by atoms with van der Waals surface area (Å²) < 4.78 is 40.7. The van der Waals surface area contributed by atoms with Gasteiger partial charge >= 0.3 is 0 Å². The number of hydrogen-bond acceptors (Lipinski definition) is 4. The summed E-state index contributed by atoms with van der Waals surface area (Å²) in [5.74, 6) is -1.14. The van der Waals surface area contributed by atoms with Crippen molar-refractivity contribution < 1.29 is 17.6 Å². The van der Waals surface area contributed by atoms with Crippen molar-refractivity contribution in [1.82, 2.24) is 5.43 Å². The van der Waals surface area contributed by atoms with Gasteiger partial charge in [-0.15, -0.1) is 0 Å². The Morgan fingerprint density at radius 2 is 1.62 bits per heavy atom. The summed E-state index contributed by atoms with van der Waals surface area (Å²) >= 11 is 0. The van der Waals surface area contributed by atoms with Crippen molar-refractivity contribution in [2.24, 2.45) is 5.10 Å². The predicted octanol–water partition coefficient (Wildman–Crippen LogP) is 4.10. The SMILES string of the molecule is Cc1ccc(/C=N\NC(=O)CN(c2ccc(F)cc2)S(=O)(=O)c2ccccc2)c(C)c1C. The van der Waals surface area contributed by atoms with E-state index in [9.17, 15) is 17.6 Å². The number of anilines is 1. The van der Waals surface area contributed by atoms with Crippen LogP contribution in [0.1, 0.15) is 22.3 Å². The van der Waals surface area contributed by atoms with E-state index >= 15 is 0 Å². The molecule has 3 aromatic carbocycles. The smallest absolute Gasteiger partial charge is 0.264 e. The van der Waals surface area contributed by atoms with E-state index in [-0.39, 0.29) is 10.6 Å². The second-order valence-corrected chi connectivity index (χ2v) is 9.18. The van der Waals surface area contributed by atoms with Gasteiger partial charge < -0.3 is 0 Å². The van der Waals surface area contributed by atoms with Crippen molar-refractivity contribution in [2.45, 2.75) is 25.7 Å². The quantitative estimate of drug-likeness (QED) is 0.432. The molecule has 0 aliphatic heterocycles. The third-order valence-corrected chi connectivity index (χ3v) is 7.01. The molecular formula is C24H24FN3O3S. The zero-order valence-electron chi connectivity index (χ0n) is 18.0. The van der Waals surface area contributed by atoms with Crippen LogP contribution in [0.4, 0.5) is 10.1 Å². The van der Waals surface area contributed by atoms with Crippen molar-refractivity contribution in [1.29, 1.82) is 0 Å². The standard InChI is InChI=1S/C24H24FN3O3S/c1-17-9-10-20(19(3)18(17)2)15-26-27-24(29)16-28(22-13-11-21(25)12-14-22)32(30,31)23-7-5-4-6-8-23/h4-15H,16H2,1-3H3,(H,27,29)/b26-15-. The summed E-state index contributed by atoms with van der Waals surface area (Å²) in [4.78, 5) is 12.6. The number of rotatable bonds is 7. The molecule has 0 aliphatic carbocycles. The fraction of sp³-hybridized carbons (Fsp3) is 0.167.